The molecule has 3 aromatic heterocycles. The molecule has 4 aliphatic heterocycles. The molecule has 4 fully saturated rings. The summed E-state index contributed by atoms with van der Waals surface area (Å²) >= 11 is 1.82. The standard InChI is InChI=1S/C28H27NO2.C24H26N2OS/c30-28(24-10-5-7-19-6-1-2-9-23(19)24)21-11-12-27-25(17-21)26(18-31-27)20-13-15-29-14-4-3-8-22(29)16-20;27-24(18-8-11-25-12-9-18)19-5-7-23-21(15-19)22(16-28-23)17-4-6-20-3-1-2-13-26(20)14-10-17/h1-2,5-7,9-12,17-18,20,22H,3-4,8,13-16H2;5,7-9,11-12,15-17,20H,1-4,6,10,13-14H2. The van der Waals surface area contributed by atoms with Crippen molar-refractivity contribution in [3.05, 3.63) is 148 Å². The summed E-state index contributed by atoms with van der Waals surface area (Å²) in [7, 11) is 0. The minimum absolute atomic E-state index is 0.0768. The zero-order chi connectivity index (χ0) is 39.7. The van der Waals surface area contributed by atoms with Crippen LogP contribution >= 0.6 is 11.3 Å². The zero-order valence-electron chi connectivity index (χ0n) is 33.9. The lowest BCUT2D eigenvalue weighted by Crippen LogP contribution is -2.44. The molecule has 7 heteroatoms. The molecular weight excluding hydrogens is 747 g/mol. The Balaban J connectivity index is 0.000000143. The molecule has 300 valence electrons. The number of rotatable bonds is 6. The monoisotopic (exact) mass is 799 g/mol. The van der Waals surface area contributed by atoms with E-state index in [1.54, 1.807) is 24.5 Å². The summed E-state index contributed by atoms with van der Waals surface area (Å²) in [6.07, 6.45) is 19.7. The van der Waals surface area contributed by atoms with Crippen LogP contribution in [0.25, 0.3) is 31.8 Å². The molecule has 11 rings (SSSR count). The molecule has 0 radical (unpaired) electrons. The Hall–Kier alpha value is -4.95. The van der Waals surface area contributed by atoms with Crippen molar-refractivity contribution in [1.82, 2.24) is 14.8 Å². The summed E-state index contributed by atoms with van der Waals surface area (Å²) in [5, 5.41) is 6.85. The van der Waals surface area contributed by atoms with Crippen LogP contribution in [0.5, 0.6) is 0 Å². The van der Waals surface area contributed by atoms with E-state index in [4.69, 9.17) is 4.42 Å². The van der Waals surface area contributed by atoms with Gasteiger partial charge in [0.15, 0.2) is 11.6 Å². The SMILES string of the molecule is O=C(c1ccc2occ(C3CCN4CCCCC4C3)c2c1)c1cccc2ccccc12.O=C(c1ccncc1)c1ccc2scc(C3CCC4CCCCN4CC3)c2c1. The van der Waals surface area contributed by atoms with Crippen molar-refractivity contribution in [2.24, 2.45) is 0 Å². The van der Waals surface area contributed by atoms with Gasteiger partial charge in [-0.1, -0.05) is 55.3 Å². The fraction of sp³-hybridized carbons (Fsp3) is 0.365. The van der Waals surface area contributed by atoms with Gasteiger partial charge in [0, 0.05) is 62.4 Å². The number of carbonyl (C=O) groups is 2. The van der Waals surface area contributed by atoms with Crippen LogP contribution in [-0.4, -0.2) is 64.6 Å². The van der Waals surface area contributed by atoms with Gasteiger partial charge < -0.3 is 14.2 Å². The Morgan fingerprint density at radius 2 is 1.32 bits per heavy atom. The van der Waals surface area contributed by atoms with Gasteiger partial charge >= 0.3 is 0 Å². The van der Waals surface area contributed by atoms with Crippen molar-refractivity contribution < 1.29 is 14.0 Å². The number of ketones is 2. The lowest BCUT2D eigenvalue weighted by Gasteiger charge is -2.42. The second kappa shape index (κ2) is 17.0. The highest BCUT2D eigenvalue weighted by Gasteiger charge is 2.33. The van der Waals surface area contributed by atoms with Crippen LogP contribution < -0.4 is 0 Å². The Kier molecular flexibility index (Phi) is 11.0. The first-order valence-electron chi connectivity index (χ1n) is 22.0. The summed E-state index contributed by atoms with van der Waals surface area (Å²) in [6, 6.07) is 31.3. The summed E-state index contributed by atoms with van der Waals surface area (Å²) in [6.45, 7) is 4.94. The normalized spacial score (nSPS) is 22.6. The number of aromatic nitrogens is 1. The number of carbonyl (C=O) groups excluding carboxylic acids is 2. The van der Waals surface area contributed by atoms with Crippen LogP contribution in [-0.2, 0) is 0 Å². The molecule has 4 saturated heterocycles. The first kappa shape index (κ1) is 38.3. The predicted octanol–water partition coefficient (Wildman–Crippen LogP) is 12.2. The van der Waals surface area contributed by atoms with Crippen LogP contribution in [0.15, 0.2) is 119 Å². The average Bonchev–Trinajstić information content (AvgIpc) is 3.86. The highest BCUT2D eigenvalue weighted by atomic mass is 32.1. The molecule has 4 aromatic carbocycles. The number of piperidine rings is 3. The molecule has 0 spiro atoms. The molecular formula is C52H53N3O3S. The second-order valence-corrected chi connectivity index (χ2v) is 18.3. The minimum atomic E-state index is 0.0768. The van der Waals surface area contributed by atoms with Crippen molar-refractivity contribution in [1.29, 1.82) is 0 Å². The number of furan rings is 1. The number of fused-ring (bicyclic) bond motifs is 5. The Morgan fingerprint density at radius 1 is 0.593 bits per heavy atom. The first-order chi connectivity index (χ1) is 29.1. The van der Waals surface area contributed by atoms with Crippen LogP contribution in [0.2, 0.25) is 0 Å². The highest BCUT2D eigenvalue weighted by Crippen LogP contribution is 2.41. The maximum absolute atomic E-state index is 13.5. The molecule has 0 bridgehead atoms. The Labute approximate surface area is 351 Å². The van der Waals surface area contributed by atoms with E-state index in [9.17, 15) is 9.59 Å². The summed E-state index contributed by atoms with van der Waals surface area (Å²) < 4.78 is 7.22. The molecule has 6 nitrogen and oxygen atoms in total. The zero-order valence-corrected chi connectivity index (χ0v) is 34.7. The number of thiophene rings is 1. The lowest BCUT2D eigenvalue weighted by atomic mass is 9.82. The smallest absolute Gasteiger partial charge is 0.193 e. The molecule has 7 heterocycles. The van der Waals surface area contributed by atoms with Gasteiger partial charge in [0.1, 0.15) is 5.58 Å². The number of hydrogen-bond acceptors (Lipinski definition) is 7. The maximum Gasteiger partial charge on any atom is 0.193 e. The highest BCUT2D eigenvalue weighted by molar-refractivity contribution is 7.17. The van der Waals surface area contributed by atoms with Crippen LogP contribution in [0.4, 0.5) is 0 Å². The number of nitrogens with zero attached hydrogens (tertiary/aromatic N) is 3. The third kappa shape index (κ3) is 7.81. The Bertz CT molecular complexity index is 2590. The van der Waals surface area contributed by atoms with Gasteiger partial charge in [0.2, 0.25) is 0 Å². The third-order valence-corrected chi connectivity index (χ3v) is 15.0. The lowest BCUT2D eigenvalue weighted by molar-refractivity contribution is 0.0975. The van der Waals surface area contributed by atoms with Gasteiger partial charge in [-0.2, -0.15) is 0 Å². The van der Waals surface area contributed by atoms with Gasteiger partial charge in [-0.15, -0.1) is 11.3 Å². The Morgan fingerprint density at radius 3 is 2.19 bits per heavy atom. The summed E-state index contributed by atoms with van der Waals surface area (Å²) in [5.74, 6) is 1.29. The number of benzene rings is 4. The fourth-order valence-corrected chi connectivity index (χ4v) is 11.8. The number of pyridine rings is 1. The van der Waals surface area contributed by atoms with Crippen molar-refractivity contribution >= 4 is 54.7 Å². The molecule has 4 atom stereocenters. The van der Waals surface area contributed by atoms with Crippen molar-refractivity contribution in [3.63, 3.8) is 0 Å². The molecule has 0 N–H and O–H groups in total. The molecule has 59 heavy (non-hydrogen) atoms. The molecule has 0 amide bonds. The van der Waals surface area contributed by atoms with Gasteiger partial charge in [-0.05, 0) is 171 Å². The van der Waals surface area contributed by atoms with E-state index in [0.29, 0.717) is 23.4 Å². The predicted molar refractivity (Wildman–Crippen MR) is 240 cm³/mol. The van der Waals surface area contributed by atoms with E-state index >= 15 is 0 Å². The van der Waals surface area contributed by atoms with Crippen molar-refractivity contribution in [2.45, 2.75) is 94.5 Å². The van der Waals surface area contributed by atoms with Crippen LogP contribution in [0.3, 0.4) is 0 Å². The fourth-order valence-electron chi connectivity index (χ4n) is 10.8. The largest absolute Gasteiger partial charge is 0.464 e. The van der Waals surface area contributed by atoms with E-state index in [1.807, 2.05) is 66.1 Å². The van der Waals surface area contributed by atoms with Crippen LogP contribution in [0, 0.1) is 0 Å². The summed E-state index contributed by atoms with van der Waals surface area (Å²) in [5.41, 5.74) is 6.62. The molecule has 7 aromatic rings. The van der Waals surface area contributed by atoms with Gasteiger partial charge in [0.25, 0.3) is 0 Å². The van der Waals surface area contributed by atoms with E-state index in [0.717, 1.165) is 44.5 Å². The van der Waals surface area contributed by atoms with Crippen molar-refractivity contribution in [2.75, 3.05) is 26.2 Å². The molecule has 0 saturated carbocycles. The van der Waals surface area contributed by atoms with Gasteiger partial charge in [-0.3, -0.25) is 14.6 Å². The van der Waals surface area contributed by atoms with E-state index in [2.05, 4.69) is 50.5 Å². The second-order valence-electron chi connectivity index (χ2n) is 17.4. The van der Waals surface area contributed by atoms with Gasteiger partial charge in [0.05, 0.1) is 6.26 Å². The maximum atomic E-state index is 13.5. The van der Waals surface area contributed by atoms with E-state index < -0.39 is 0 Å². The molecule has 0 aliphatic carbocycles. The minimum Gasteiger partial charge on any atom is -0.464 e. The van der Waals surface area contributed by atoms with Gasteiger partial charge in [-0.25, -0.2) is 0 Å². The number of hydrogen-bond donors (Lipinski definition) is 0. The van der Waals surface area contributed by atoms with E-state index in [-0.39, 0.29) is 11.6 Å². The average molecular weight is 800 g/mol. The molecule has 4 aliphatic rings. The van der Waals surface area contributed by atoms with E-state index in [1.165, 1.54) is 118 Å². The summed E-state index contributed by atoms with van der Waals surface area (Å²) in [4.78, 5) is 35.8. The van der Waals surface area contributed by atoms with Crippen LogP contribution in [0.1, 0.15) is 125 Å². The molecule has 4 unspecified atom stereocenters. The third-order valence-electron chi connectivity index (χ3n) is 14.0. The van der Waals surface area contributed by atoms with Crippen molar-refractivity contribution in [3.8, 4) is 0 Å². The topological polar surface area (TPSA) is 66.7 Å². The first-order valence-corrected chi connectivity index (χ1v) is 22.9. The quantitative estimate of drug-likeness (QED) is 0.156.